The van der Waals surface area contributed by atoms with Crippen molar-refractivity contribution in [2.24, 2.45) is 0 Å². The van der Waals surface area contributed by atoms with Crippen LogP contribution in [0.5, 0.6) is 5.75 Å². The van der Waals surface area contributed by atoms with E-state index in [1.807, 2.05) is 19.1 Å². The summed E-state index contributed by atoms with van der Waals surface area (Å²) in [4.78, 5) is 4.50. The number of fused-ring (bicyclic) bond motifs is 1. The number of rotatable bonds is 2. The van der Waals surface area contributed by atoms with Crippen LogP contribution in [-0.4, -0.2) is 23.3 Å². The number of hydrogen-bond donors (Lipinski definition) is 1. The summed E-state index contributed by atoms with van der Waals surface area (Å²) in [6, 6.07) is 3.92. The number of ether oxygens (including phenoxy) is 2. The van der Waals surface area contributed by atoms with Crippen molar-refractivity contribution >= 4 is 27.2 Å². The van der Waals surface area contributed by atoms with Crippen LogP contribution in [0.1, 0.15) is 31.7 Å². The summed E-state index contributed by atoms with van der Waals surface area (Å²) in [6.45, 7) is 6.17. The average molecular weight is 292 g/mol. The second kappa shape index (κ2) is 5.22. The van der Waals surface area contributed by atoms with Crippen molar-refractivity contribution < 1.29 is 9.47 Å². The fourth-order valence-electron chi connectivity index (χ4n) is 2.81. The molecule has 1 fully saturated rings. The lowest BCUT2D eigenvalue weighted by molar-refractivity contribution is -0.0719. The zero-order valence-corrected chi connectivity index (χ0v) is 12.9. The highest BCUT2D eigenvalue weighted by Gasteiger charge is 2.26. The van der Waals surface area contributed by atoms with E-state index in [0.717, 1.165) is 33.8 Å². The maximum Gasteiger partial charge on any atom is 0.144 e. The van der Waals surface area contributed by atoms with Gasteiger partial charge in [-0.1, -0.05) is 0 Å². The number of aromatic nitrogens is 1. The Labute approximate surface area is 122 Å². The van der Waals surface area contributed by atoms with Crippen molar-refractivity contribution in [3.8, 4) is 5.75 Å². The van der Waals surface area contributed by atoms with Crippen molar-refractivity contribution in [3.05, 3.63) is 17.1 Å². The van der Waals surface area contributed by atoms with Gasteiger partial charge in [0.2, 0.25) is 0 Å². The van der Waals surface area contributed by atoms with Gasteiger partial charge in [0, 0.05) is 18.9 Å². The number of anilines is 1. The van der Waals surface area contributed by atoms with Gasteiger partial charge >= 0.3 is 0 Å². The van der Waals surface area contributed by atoms with Crippen molar-refractivity contribution in [2.45, 2.75) is 51.9 Å². The third kappa shape index (κ3) is 2.74. The smallest absolute Gasteiger partial charge is 0.144 e. The molecule has 0 radical (unpaired) electrons. The van der Waals surface area contributed by atoms with Gasteiger partial charge in [-0.15, -0.1) is 11.3 Å². The fraction of sp³-hybridized carbons (Fsp3) is 0.533. The summed E-state index contributed by atoms with van der Waals surface area (Å²) in [5.74, 6) is 0.745. The van der Waals surface area contributed by atoms with E-state index in [0.29, 0.717) is 5.69 Å². The number of nitrogens with zero attached hydrogens (tertiary/aromatic N) is 1. The molecule has 1 saturated heterocycles. The SMILES string of the molecule is Cc1nc2cc(OC3CC(C)OC(C)C3)c(N)cc2s1. The molecule has 20 heavy (non-hydrogen) atoms. The molecule has 0 amide bonds. The van der Waals surface area contributed by atoms with E-state index in [-0.39, 0.29) is 18.3 Å². The van der Waals surface area contributed by atoms with Gasteiger partial charge in [0.1, 0.15) is 11.9 Å². The molecular formula is C15H20N2O2S. The van der Waals surface area contributed by atoms with Crippen LogP contribution in [0.4, 0.5) is 5.69 Å². The minimum atomic E-state index is 0.160. The Balaban J connectivity index is 1.84. The molecule has 0 bridgehead atoms. The van der Waals surface area contributed by atoms with Gasteiger partial charge in [0.05, 0.1) is 33.1 Å². The zero-order chi connectivity index (χ0) is 14.3. The van der Waals surface area contributed by atoms with E-state index in [2.05, 4.69) is 18.8 Å². The first-order valence-corrected chi connectivity index (χ1v) is 7.81. The van der Waals surface area contributed by atoms with E-state index in [4.69, 9.17) is 15.2 Å². The highest BCUT2D eigenvalue weighted by Crippen LogP contribution is 2.33. The van der Waals surface area contributed by atoms with Crippen LogP contribution in [0.25, 0.3) is 10.2 Å². The third-order valence-electron chi connectivity index (χ3n) is 3.57. The fourth-order valence-corrected chi connectivity index (χ4v) is 3.67. The van der Waals surface area contributed by atoms with Crippen LogP contribution >= 0.6 is 11.3 Å². The van der Waals surface area contributed by atoms with Gasteiger partial charge in [-0.05, 0) is 26.8 Å². The Bertz CT molecular complexity index is 616. The Morgan fingerprint density at radius 2 is 2.00 bits per heavy atom. The molecule has 2 heterocycles. The van der Waals surface area contributed by atoms with E-state index in [1.165, 1.54) is 0 Å². The van der Waals surface area contributed by atoms with Gasteiger partial charge in [0.15, 0.2) is 0 Å². The Morgan fingerprint density at radius 1 is 1.30 bits per heavy atom. The molecule has 3 rings (SSSR count). The second-order valence-corrected chi connectivity index (χ2v) is 6.79. The van der Waals surface area contributed by atoms with Crippen molar-refractivity contribution in [1.82, 2.24) is 4.98 Å². The van der Waals surface area contributed by atoms with Gasteiger partial charge in [0.25, 0.3) is 0 Å². The lowest BCUT2D eigenvalue weighted by atomic mass is 10.0. The lowest BCUT2D eigenvalue weighted by Gasteiger charge is -2.32. The molecule has 5 heteroatoms. The molecule has 2 aromatic rings. The quantitative estimate of drug-likeness (QED) is 0.860. The van der Waals surface area contributed by atoms with Crippen molar-refractivity contribution in [1.29, 1.82) is 0 Å². The average Bonchev–Trinajstić information content (AvgIpc) is 2.67. The standard InChI is InChI=1S/C15H20N2O2S/c1-8-4-11(5-9(2)18-8)19-14-7-13-15(6-12(14)16)20-10(3)17-13/h6-9,11H,4-5,16H2,1-3H3. The number of benzene rings is 1. The predicted octanol–water partition coefficient (Wildman–Crippen LogP) is 3.52. The molecular weight excluding hydrogens is 272 g/mol. The summed E-state index contributed by atoms with van der Waals surface area (Å²) >= 11 is 1.66. The number of hydrogen-bond acceptors (Lipinski definition) is 5. The third-order valence-corrected chi connectivity index (χ3v) is 4.51. The second-order valence-electron chi connectivity index (χ2n) is 5.56. The molecule has 2 atom stereocenters. The summed E-state index contributed by atoms with van der Waals surface area (Å²) in [7, 11) is 0. The number of aryl methyl sites for hydroxylation is 1. The molecule has 2 N–H and O–H groups in total. The predicted molar refractivity (Wildman–Crippen MR) is 82.4 cm³/mol. The van der Waals surface area contributed by atoms with Crippen LogP contribution in [-0.2, 0) is 4.74 Å². The maximum atomic E-state index is 6.11. The van der Waals surface area contributed by atoms with Crippen molar-refractivity contribution in [2.75, 3.05) is 5.73 Å². The number of nitrogen functional groups attached to an aromatic ring is 1. The summed E-state index contributed by atoms with van der Waals surface area (Å²) in [5.41, 5.74) is 7.76. The largest absolute Gasteiger partial charge is 0.488 e. The molecule has 2 unspecified atom stereocenters. The molecule has 1 aliphatic rings. The van der Waals surface area contributed by atoms with Gasteiger partial charge in [-0.2, -0.15) is 0 Å². The van der Waals surface area contributed by atoms with E-state index < -0.39 is 0 Å². The van der Waals surface area contributed by atoms with Crippen LogP contribution in [0.2, 0.25) is 0 Å². The number of nitrogens with two attached hydrogens (primary N) is 1. The topological polar surface area (TPSA) is 57.4 Å². The Hall–Kier alpha value is -1.33. The van der Waals surface area contributed by atoms with Crippen LogP contribution in [0.15, 0.2) is 12.1 Å². The van der Waals surface area contributed by atoms with Gasteiger partial charge < -0.3 is 15.2 Å². The molecule has 1 aliphatic heterocycles. The van der Waals surface area contributed by atoms with Gasteiger partial charge in [-0.3, -0.25) is 0 Å². The molecule has 0 spiro atoms. The molecule has 4 nitrogen and oxygen atoms in total. The first-order chi connectivity index (χ1) is 9.51. The zero-order valence-electron chi connectivity index (χ0n) is 12.1. The molecule has 0 saturated carbocycles. The highest BCUT2D eigenvalue weighted by molar-refractivity contribution is 7.18. The Morgan fingerprint density at radius 3 is 2.70 bits per heavy atom. The molecule has 108 valence electrons. The van der Waals surface area contributed by atoms with Crippen LogP contribution in [0.3, 0.4) is 0 Å². The van der Waals surface area contributed by atoms with E-state index in [9.17, 15) is 0 Å². The first kappa shape index (κ1) is 13.6. The lowest BCUT2D eigenvalue weighted by Crippen LogP contribution is -2.35. The summed E-state index contributed by atoms with van der Waals surface area (Å²) < 4.78 is 13.0. The molecule has 0 aliphatic carbocycles. The Kier molecular flexibility index (Phi) is 3.56. The van der Waals surface area contributed by atoms with Gasteiger partial charge in [-0.25, -0.2) is 4.98 Å². The maximum absolute atomic E-state index is 6.11. The highest BCUT2D eigenvalue weighted by atomic mass is 32.1. The van der Waals surface area contributed by atoms with E-state index in [1.54, 1.807) is 11.3 Å². The monoisotopic (exact) mass is 292 g/mol. The van der Waals surface area contributed by atoms with Crippen LogP contribution < -0.4 is 10.5 Å². The molecule has 1 aromatic carbocycles. The minimum Gasteiger partial charge on any atom is -0.488 e. The first-order valence-electron chi connectivity index (χ1n) is 7.00. The van der Waals surface area contributed by atoms with E-state index >= 15 is 0 Å². The van der Waals surface area contributed by atoms with Crippen LogP contribution in [0, 0.1) is 6.92 Å². The van der Waals surface area contributed by atoms with Crippen molar-refractivity contribution in [3.63, 3.8) is 0 Å². The minimum absolute atomic E-state index is 0.160. The summed E-state index contributed by atoms with van der Waals surface area (Å²) in [5, 5.41) is 1.05. The normalized spacial score (nSPS) is 26.9. The molecule has 1 aromatic heterocycles. The number of thiazole rings is 1. The summed E-state index contributed by atoms with van der Waals surface area (Å²) in [6.07, 6.45) is 2.43.